The first-order chi connectivity index (χ1) is 19.2. The first-order valence-electron chi connectivity index (χ1n) is 13.3. The second kappa shape index (κ2) is 11.0. The van der Waals surface area contributed by atoms with Gasteiger partial charge in [0.1, 0.15) is 17.3 Å². The van der Waals surface area contributed by atoms with E-state index >= 15 is 0 Å². The lowest BCUT2D eigenvalue weighted by Gasteiger charge is -2.28. The van der Waals surface area contributed by atoms with Gasteiger partial charge < -0.3 is 19.7 Å². The number of nitrogens with one attached hydrogen (secondary N) is 1. The lowest BCUT2D eigenvalue weighted by atomic mass is 10.1. The molecule has 0 spiro atoms. The predicted molar refractivity (Wildman–Crippen MR) is 154 cm³/mol. The highest BCUT2D eigenvalue weighted by Crippen LogP contribution is 2.34. The standard InChI is InChI=1S/C31H32N6O2/c1-38-25-13-11-24(12-14-25)20-36-18-16-27-28-29(36)33-31(32-17-15-22-9-6-10-26(19-22)39-2)34-30(28)37(35-27)21-23-7-4-3-5-8-23/h3-14,19H,15-18,20-21H2,1-2H3,(H,32,33,34). The number of benzene rings is 3. The lowest BCUT2D eigenvalue weighted by molar-refractivity contribution is 0.414. The maximum atomic E-state index is 5.37. The van der Waals surface area contributed by atoms with Crippen LogP contribution in [0.15, 0.2) is 78.9 Å². The van der Waals surface area contributed by atoms with Gasteiger partial charge in [0.15, 0.2) is 5.65 Å². The van der Waals surface area contributed by atoms with Gasteiger partial charge in [-0.25, -0.2) is 4.68 Å². The number of nitrogens with zero attached hydrogens (tertiary/aromatic N) is 5. The van der Waals surface area contributed by atoms with Crippen molar-refractivity contribution in [3.63, 3.8) is 0 Å². The van der Waals surface area contributed by atoms with Gasteiger partial charge in [-0.2, -0.15) is 15.1 Å². The minimum Gasteiger partial charge on any atom is -0.497 e. The van der Waals surface area contributed by atoms with Crippen LogP contribution in [0.4, 0.5) is 11.8 Å². The van der Waals surface area contributed by atoms with Crippen LogP contribution in [0.2, 0.25) is 0 Å². The molecule has 0 aliphatic carbocycles. The van der Waals surface area contributed by atoms with E-state index in [4.69, 9.17) is 24.5 Å². The molecular weight excluding hydrogens is 488 g/mol. The van der Waals surface area contributed by atoms with E-state index in [1.54, 1.807) is 14.2 Å². The summed E-state index contributed by atoms with van der Waals surface area (Å²) in [5.41, 5.74) is 5.51. The Morgan fingerprint density at radius 1 is 0.795 bits per heavy atom. The summed E-state index contributed by atoms with van der Waals surface area (Å²) in [5.74, 6) is 3.26. The summed E-state index contributed by atoms with van der Waals surface area (Å²) in [6.07, 6.45) is 1.69. The Labute approximate surface area is 228 Å². The number of methoxy groups -OCH3 is 2. The molecule has 0 saturated heterocycles. The molecule has 1 aliphatic rings. The molecule has 0 saturated carbocycles. The molecule has 6 rings (SSSR count). The highest BCUT2D eigenvalue weighted by Gasteiger charge is 2.27. The van der Waals surface area contributed by atoms with Crippen LogP contribution in [0.1, 0.15) is 22.4 Å². The van der Waals surface area contributed by atoms with Gasteiger partial charge in [-0.15, -0.1) is 0 Å². The molecule has 8 heteroatoms. The summed E-state index contributed by atoms with van der Waals surface area (Å²) in [6.45, 7) is 2.96. The average Bonchev–Trinajstić information content (AvgIpc) is 3.33. The van der Waals surface area contributed by atoms with Crippen LogP contribution < -0.4 is 19.7 Å². The van der Waals surface area contributed by atoms with Gasteiger partial charge >= 0.3 is 0 Å². The topological polar surface area (TPSA) is 77.3 Å². The molecule has 3 aromatic carbocycles. The van der Waals surface area contributed by atoms with Crippen molar-refractivity contribution in [3.8, 4) is 11.5 Å². The third-order valence-corrected chi connectivity index (χ3v) is 7.10. The summed E-state index contributed by atoms with van der Waals surface area (Å²) < 4.78 is 12.7. The van der Waals surface area contributed by atoms with E-state index in [2.05, 4.69) is 58.7 Å². The van der Waals surface area contributed by atoms with E-state index in [1.165, 1.54) is 16.7 Å². The second-order valence-electron chi connectivity index (χ2n) is 9.71. The van der Waals surface area contributed by atoms with Crippen molar-refractivity contribution in [2.45, 2.75) is 25.9 Å². The van der Waals surface area contributed by atoms with Gasteiger partial charge in [0.05, 0.1) is 31.8 Å². The summed E-state index contributed by atoms with van der Waals surface area (Å²) in [6, 6.07) is 26.8. The van der Waals surface area contributed by atoms with Crippen LogP contribution in [-0.4, -0.2) is 47.1 Å². The minimum atomic E-state index is 0.614. The van der Waals surface area contributed by atoms with E-state index in [1.807, 2.05) is 35.0 Å². The molecule has 0 amide bonds. The van der Waals surface area contributed by atoms with Crippen LogP contribution in [0.5, 0.6) is 11.5 Å². The van der Waals surface area contributed by atoms with Crippen LogP contribution in [-0.2, 0) is 25.9 Å². The van der Waals surface area contributed by atoms with Gasteiger partial charge in [0.25, 0.3) is 0 Å². The molecule has 1 aliphatic heterocycles. The molecule has 0 unspecified atom stereocenters. The minimum absolute atomic E-state index is 0.614. The van der Waals surface area contributed by atoms with Crippen molar-refractivity contribution < 1.29 is 9.47 Å². The van der Waals surface area contributed by atoms with Crippen LogP contribution in [0.25, 0.3) is 11.0 Å². The van der Waals surface area contributed by atoms with E-state index in [0.717, 1.165) is 60.0 Å². The van der Waals surface area contributed by atoms with Crippen molar-refractivity contribution in [2.75, 3.05) is 37.5 Å². The van der Waals surface area contributed by atoms with E-state index in [0.29, 0.717) is 19.0 Å². The van der Waals surface area contributed by atoms with Gasteiger partial charge in [-0.1, -0.05) is 54.6 Å². The Bertz CT molecular complexity index is 1570. The molecule has 0 bridgehead atoms. The smallest absolute Gasteiger partial charge is 0.226 e. The summed E-state index contributed by atoms with van der Waals surface area (Å²) in [4.78, 5) is 12.3. The fraction of sp³-hybridized carbons (Fsp3) is 0.258. The molecule has 0 fully saturated rings. The zero-order chi connectivity index (χ0) is 26.6. The van der Waals surface area contributed by atoms with Gasteiger partial charge in [-0.3, -0.25) is 0 Å². The lowest BCUT2D eigenvalue weighted by Crippen LogP contribution is -2.29. The molecule has 39 heavy (non-hydrogen) atoms. The van der Waals surface area contributed by atoms with E-state index in [9.17, 15) is 0 Å². The molecule has 1 N–H and O–H groups in total. The van der Waals surface area contributed by atoms with Gasteiger partial charge in [-0.05, 0) is 47.4 Å². The first-order valence-corrected chi connectivity index (χ1v) is 13.3. The fourth-order valence-corrected chi connectivity index (χ4v) is 5.07. The summed E-state index contributed by atoms with van der Waals surface area (Å²) in [7, 11) is 3.38. The molecule has 198 valence electrons. The van der Waals surface area contributed by atoms with Crippen molar-refractivity contribution >= 4 is 22.8 Å². The zero-order valence-corrected chi connectivity index (χ0v) is 22.3. The summed E-state index contributed by atoms with van der Waals surface area (Å²) in [5, 5.41) is 9.52. The maximum absolute atomic E-state index is 5.37. The molecule has 5 aromatic rings. The van der Waals surface area contributed by atoms with Crippen LogP contribution in [0, 0.1) is 0 Å². The Morgan fingerprint density at radius 2 is 1.56 bits per heavy atom. The number of rotatable bonds is 10. The second-order valence-corrected chi connectivity index (χ2v) is 9.71. The van der Waals surface area contributed by atoms with Gasteiger partial charge in [0.2, 0.25) is 5.95 Å². The van der Waals surface area contributed by atoms with Crippen molar-refractivity contribution in [3.05, 3.63) is 101 Å². The summed E-state index contributed by atoms with van der Waals surface area (Å²) >= 11 is 0. The van der Waals surface area contributed by atoms with E-state index < -0.39 is 0 Å². The van der Waals surface area contributed by atoms with Crippen molar-refractivity contribution in [1.29, 1.82) is 0 Å². The monoisotopic (exact) mass is 520 g/mol. The Balaban J connectivity index is 1.32. The quantitative estimate of drug-likeness (QED) is 0.274. The molecule has 8 nitrogen and oxygen atoms in total. The number of aromatic nitrogens is 4. The molecular formula is C31H32N6O2. The Hall–Kier alpha value is -4.59. The zero-order valence-electron chi connectivity index (χ0n) is 22.3. The average molecular weight is 521 g/mol. The van der Waals surface area contributed by atoms with Crippen molar-refractivity contribution in [2.24, 2.45) is 0 Å². The molecule has 3 heterocycles. The largest absolute Gasteiger partial charge is 0.497 e. The molecule has 0 atom stereocenters. The third kappa shape index (κ3) is 5.36. The SMILES string of the molecule is COc1ccc(CN2CCc3nn(Cc4ccccc4)c4nc(NCCc5cccc(OC)c5)nc2c34)cc1. The number of hydrogen-bond donors (Lipinski definition) is 1. The highest BCUT2D eigenvalue weighted by atomic mass is 16.5. The molecule has 2 aromatic heterocycles. The van der Waals surface area contributed by atoms with Gasteiger partial charge in [0, 0.05) is 26.1 Å². The Kier molecular flexibility index (Phi) is 6.99. The Morgan fingerprint density at radius 3 is 2.36 bits per heavy atom. The third-order valence-electron chi connectivity index (χ3n) is 7.10. The normalized spacial score (nSPS) is 12.5. The van der Waals surface area contributed by atoms with Crippen LogP contribution in [0.3, 0.4) is 0 Å². The fourth-order valence-electron chi connectivity index (χ4n) is 5.07. The molecule has 0 radical (unpaired) electrons. The first kappa shape index (κ1) is 24.7. The number of anilines is 2. The highest BCUT2D eigenvalue weighted by molar-refractivity contribution is 5.92. The number of ether oxygens (including phenoxy) is 2. The number of hydrogen-bond acceptors (Lipinski definition) is 7. The van der Waals surface area contributed by atoms with Crippen molar-refractivity contribution in [1.82, 2.24) is 19.7 Å². The van der Waals surface area contributed by atoms with Crippen LogP contribution >= 0.6 is 0 Å². The maximum Gasteiger partial charge on any atom is 0.226 e. The predicted octanol–water partition coefficient (Wildman–Crippen LogP) is 5.11. The van der Waals surface area contributed by atoms with E-state index in [-0.39, 0.29) is 0 Å².